The molecule has 0 unspecified atom stereocenters. The number of hydrogen-bond donors (Lipinski definition) is 3. The molecule has 19 heavy (non-hydrogen) atoms. The zero-order valence-corrected chi connectivity index (χ0v) is 11.1. The van der Waals surface area contributed by atoms with Gasteiger partial charge in [0.1, 0.15) is 6.04 Å². The molecule has 110 valence electrons. The van der Waals surface area contributed by atoms with Gasteiger partial charge in [0.15, 0.2) is 0 Å². The molecule has 0 rings (SSSR count). The molecule has 0 heterocycles. The number of hydrogen-bond acceptors (Lipinski definition) is 6. The summed E-state index contributed by atoms with van der Waals surface area (Å²) in [6.45, 7) is 1.68. The molecule has 0 aliphatic heterocycles. The van der Waals surface area contributed by atoms with Crippen LogP contribution in [0.2, 0.25) is 0 Å². The Bertz CT molecular complexity index is 445. The highest BCUT2D eigenvalue weighted by Crippen LogP contribution is 1.99. The molecule has 0 bridgehead atoms. The molecular formula is C9H16N2O7S. The van der Waals surface area contributed by atoms with Crippen LogP contribution in [0.3, 0.4) is 0 Å². The van der Waals surface area contributed by atoms with Crippen LogP contribution in [0.4, 0.5) is 0 Å². The third-order valence-electron chi connectivity index (χ3n) is 1.91. The number of carboxylic acids is 1. The summed E-state index contributed by atoms with van der Waals surface area (Å²) in [5.41, 5.74) is 4.80. The van der Waals surface area contributed by atoms with E-state index in [9.17, 15) is 22.8 Å². The van der Waals surface area contributed by atoms with Crippen molar-refractivity contribution in [2.24, 2.45) is 5.73 Å². The van der Waals surface area contributed by atoms with Crippen LogP contribution in [0.1, 0.15) is 19.8 Å². The summed E-state index contributed by atoms with van der Waals surface area (Å²) < 4.78 is 29.3. The molecule has 0 aromatic rings. The van der Waals surface area contributed by atoms with E-state index in [-0.39, 0.29) is 6.61 Å². The fourth-order valence-electron chi connectivity index (χ4n) is 1.11. The Morgan fingerprint density at radius 2 is 1.95 bits per heavy atom. The molecule has 0 aliphatic rings. The topological polar surface area (TPSA) is 153 Å². The van der Waals surface area contributed by atoms with E-state index in [1.165, 1.54) is 0 Å². The van der Waals surface area contributed by atoms with Gasteiger partial charge in [-0.05, 0) is 6.92 Å². The van der Waals surface area contributed by atoms with Crippen LogP contribution in [-0.2, 0) is 29.1 Å². The summed E-state index contributed by atoms with van der Waals surface area (Å²) in [6, 6.07) is -1.65. The van der Waals surface area contributed by atoms with Gasteiger partial charge in [0.25, 0.3) is 0 Å². The highest BCUT2D eigenvalue weighted by Gasteiger charge is 2.26. The Morgan fingerprint density at radius 1 is 1.37 bits per heavy atom. The number of amides is 1. The monoisotopic (exact) mass is 296 g/mol. The van der Waals surface area contributed by atoms with E-state index in [4.69, 9.17) is 10.8 Å². The van der Waals surface area contributed by atoms with Gasteiger partial charge in [0, 0.05) is 0 Å². The van der Waals surface area contributed by atoms with Gasteiger partial charge in [-0.25, -0.2) is 13.1 Å². The van der Waals surface area contributed by atoms with Crippen LogP contribution in [-0.4, -0.2) is 49.8 Å². The van der Waals surface area contributed by atoms with Crippen LogP contribution in [0.15, 0.2) is 0 Å². The fourth-order valence-corrected chi connectivity index (χ4v) is 2.28. The number of nitrogens with one attached hydrogen (secondary N) is 1. The minimum Gasteiger partial charge on any atom is -0.480 e. The highest BCUT2D eigenvalue weighted by molar-refractivity contribution is 7.89. The summed E-state index contributed by atoms with van der Waals surface area (Å²) >= 11 is 0. The molecule has 4 N–H and O–H groups in total. The summed E-state index contributed by atoms with van der Waals surface area (Å²) in [4.78, 5) is 32.3. The summed E-state index contributed by atoms with van der Waals surface area (Å²) in [5.74, 6) is -3.83. The average molecular weight is 296 g/mol. The molecule has 0 fully saturated rings. The molecule has 10 heteroatoms. The maximum Gasteiger partial charge on any atom is 0.322 e. The quantitative estimate of drug-likeness (QED) is 0.424. The number of carbonyl (C=O) groups excluding carboxylic acids is 2. The van der Waals surface area contributed by atoms with E-state index in [2.05, 4.69) is 4.74 Å². The Morgan fingerprint density at radius 3 is 2.37 bits per heavy atom. The maximum atomic E-state index is 11.5. The molecule has 0 saturated heterocycles. The van der Waals surface area contributed by atoms with Crippen molar-refractivity contribution in [3.05, 3.63) is 0 Å². The Balaban J connectivity index is 4.51. The van der Waals surface area contributed by atoms with Crippen LogP contribution in [0.5, 0.6) is 0 Å². The maximum absolute atomic E-state index is 11.5. The van der Waals surface area contributed by atoms with Crippen LogP contribution < -0.4 is 10.5 Å². The number of ether oxygens (including phenoxy) is 1. The van der Waals surface area contributed by atoms with Gasteiger partial charge < -0.3 is 15.6 Å². The second kappa shape index (κ2) is 7.69. The van der Waals surface area contributed by atoms with Crippen molar-refractivity contribution >= 4 is 27.9 Å². The van der Waals surface area contributed by atoms with Gasteiger partial charge >= 0.3 is 11.9 Å². The number of carboxylic acid groups (broad SMARTS) is 1. The number of aliphatic carboxylic acids is 1. The van der Waals surface area contributed by atoms with Gasteiger partial charge in [0.2, 0.25) is 15.9 Å². The van der Waals surface area contributed by atoms with Crippen molar-refractivity contribution in [1.29, 1.82) is 0 Å². The summed E-state index contributed by atoms with van der Waals surface area (Å²) in [7, 11) is -4.02. The molecule has 9 nitrogen and oxygen atoms in total. The van der Waals surface area contributed by atoms with Gasteiger partial charge in [0.05, 0.1) is 25.2 Å². The van der Waals surface area contributed by atoms with Gasteiger partial charge in [-0.1, -0.05) is 0 Å². The lowest BCUT2D eigenvalue weighted by Crippen LogP contribution is -2.44. The van der Waals surface area contributed by atoms with E-state index in [1.807, 2.05) is 0 Å². The second-order valence-electron chi connectivity index (χ2n) is 3.55. The molecule has 0 aromatic carbocycles. The predicted molar refractivity (Wildman–Crippen MR) is 63.4 cm³/mol. The SMILES string of the molecule is CCOC(=O)CCS(=O)(=O)N[C@H](CC(N)=O)C(=O)O. The number of esters is 1. The largest absolute Gasteiger partial charge is 0.480 e. The van der Waals surface area contributed by atoms with Gasteiger partial charge in [-0.15, -0.1) is 0 Å². The summed E-state index contributed by atoms with van der Waals surface area (Å²) in [5, 5.41) is 8.72. The minimum absolute atomic E-state index is 0.117. The normalized spacial score (nSPS) is 12.7. The van der Waals surface area contributed by atoms with E-state index in [0.29, 0.717) is 0 Å². The molecule has 0 saturated carbocycles. The van der Waals surface area contributed by atoms with E-state index in [1.54, 1.807) is 11.6 Å². The van der Waals surface area contributed by atoms with Gasteiger partial charge in [-0.2, -0.15) is 0 Å². The predicted octanol–water partition coefficient (Wildman–Crippen LogP) is -1.81. The lowest BCUT2D eigenvalue weighted by atomic mass is 10.2. The third-order valence-corrected chi connectivity index (χ3v) is 3.29. The Hall–Kier alpha value is -1.68. The third kappa shape index (κ3) is 8.11. The van der Waals surface area contributed by atoms with Crippen LogP contribution >= 0.6 is 0 Å². The molecular weight excluding hydrogens is 280 g/mol. The van der Waals surface area contributed by atoms with Crippen molar-refractivity contribution in [2.75, 3.05) is 12.4 Å². The lowest BCUT2D eigenvalue weighted by Gasteiger charge is -2.12. The van der Waals surface area contributed by atoms with Crippen molar-refractivity contribution in [3.63, 3.8) is 0 Å². The van der Waals surface area contributed by atoms with Crippen molar-refractivity contribution in [2.45, 2.75) is 25.8 Å². The first kappa shape index (κ1) is 17.3. The number of carbonyl (C=O) groups is 3. The van der Waals surface area contributed by atoms with Crippen molar-refractivity contribution < 1.29 is 32.6 Å². The minimum atomic E-state index is -4.02. The first-order valence-corrected chi connectivity index (χ1v) is 7.00. The molecule has 0 radical (unpaired) electrons. The zero-order valence-electron chi connectivity index (χ0n) is 10.3. The number of primary amides is 1. The van der Waals surface area contributed by atoms with Crippen LogP contribution in [0, 0.1) is 0 Å². The zero-order chi connectivity index (χ0) is 15.1. The second-order valence-corrected chi connectivity index (χ2v) is 5.43. The standard InChI is InChI=1S/C9H16N2O7S/c1-2-18-8(13)3-4-19(16,17)11-6(9(14)15)5-7(10)12/h6,11H,2-5H2,1H3,(H2,10,12)(H,14,15)/t6-/m1/s1. The highest BCUT2D eigenvalue weighted by atomic mass is 32.2. The van der Waals surface area contributed by atoms with E-state index < -0.39 is 52.5 Å². The molecule has 1 atom stereocenters. The molecule has 0 aromatic heterocycles. The molecule has 0 spiro atoms. The fraction of sp³-hybridized carbons (Fsp3) is 0.667. The average Bonchev–Trinajstić information content (AvgIpc) is 2.25. The Kier molecular flexibility index (Phi) is 7.01. The lowest BCUT2D eigenvalue weighted by molar-refractivity contribution is -0.142. The van der Waals surface area contributed by atoms with E-state index in [0.717, 1.165) is 0 Å². The number of sulfonamides is 1. The number of nitrogens with two attached hydrogens (primary N) is 1. The van der Waals surface area contributed by atoms with Gasteiger partial charge in [-0.3, -0.25) is 14.4 Å². The molecule has 1 amide bonds. The van der Waals surface area contributed by atoms with Crippen molar-refractivity contribution in [1.82, 2.24) is 4.72 Å². The van der Waals surface area contributed by atoms with Crippen molar-refractivity contribution in [3.8, 4) is 0 Å². The van der Waals surface area contributed by atoms with E-state index >= 15 is 0 Å². The Labute approximate surface area is 110 Å². The van der Waals surface area contributed by atoms with Crippen LogP contribution in [0.25, 0.3) is 0 Å². The number of rotatable bonds is 9. The molecule has 0 aliphatic carbocycles. The first-order chi connectivity index (χ1) is 8.68. The smallest absolute Gasteiger partial charge is 0.322 e. The first-order valence-electron chi connectivity index (χ1n) is 5.34. The summed E-state index contributed by atoms with van der Waals surface area (Å²) in [6.07, 6.45) is -1.08.